The van der Waals surface area contributed by atoms with Crippen LogP contribution in [-0.4, -0.2) is 15.4 Å². The van der Waals surface area contributed by atoms with Crippen molar-refractivity contribution in [3.63, 3.8) is 0 Å². The van der Waals surface area contributed by atoms with Crippen molar-refractivity contribution in [2.24, 2.45) is 0 Å². The van der Waals surface area contributed by atoms with Crippen molar-refractivity contribution in [2.45, 2.75) is 24.9 Å². The Morgan fingerprint density at radius 2 is 2.27 bits per heavy atom. The molecule has 3 nitrogen and oxygen atoms in total. The number of anilines is 1. The quantitative estimate of drug-likeness (QED) is 0.787. The van der Waals surface area contributed by atoms with Gasteiger partial charge in [0.05, 0.1) is 0 Å². The van der Waals surface area contributed by atoms with Gasteiger partial charge in [0.2, 0.25) is 5.13 Å². The van der Waals surface area contributed by atoms with Crippen molar-refractivity contribution >= 4 is 28.2 Å². The molecule has 0 amide bonds. The third-order valence-electron chi connectivity index (χ3n) is 1.02. The van der Waals surface area contributed by atoms with Gasteiger partial charge in [-0.15, -0.1) is 10.2 Å². The van der Waals surface area contributed by atoms with E-state index in [9.17, 15) is 0 Å². The first-order valence-electron chi connectivity index (χ1n) is 3.38. The molecule has 0 atom stereocenters. The zero-order valence-electron chi connectivity index (χ0n) is 6.57. The Kier molecular flexibility index (Phi) is 3.14. The molecule has 0 radical (unpaired) electrons. The lowest BCUT2D eigenvalue weighted by Crippen LogP contribution is -1.87. The maximum absolute atomic E-state index is 5.42. The van der Waals surface area contributed by atoms with Gasteiger partial charge in [0, 0.05) is 5.75 Å². The fourth-order valence-corrected chi connectivity index (χ4v) is 1.94. The normalized spacial score (nSPS) is 10.8. The molecule has 0 fully saturated rings. The Labute approximate surface area is 74.4 Å². The number of hydrogen-bond acceptors (Lipinski definition) is 5. The minimum Gasteiger partial charge on any atom is -0.374 e. The minimum absolute atomic E-state index is 0.560. The Balaban J connectivity index is 2.39. The van der Waals surface area contributed by atoms with Crippen LogP contribution < -0.4 is 5.73 Å². The first-order valence-corrected chi connectivity index (χ1v) is 5.24. The topological polar surface area (TPSA) is 51.8 Å². The zero-order chi connectivity index (χ0) is 8.27. The number of thioether (sulfide) groups is 1. The maximum Gasteiger partial charge on any atom is 0.203 e. The molecule has 0 aliphatic heterocycles. The molecule has 0 bridgehead atoms. The van der Waals surface area contributed by atoms with Gasteiger partial charge in [0.1, 0.15) is 5.01 Å². The summed E-state index contributed by atoms with van der Waals surface area (Å²) in [7, 11) is 0. The molecule has 1 rings (SSSR count). The van der Waals surface area contributed by atoms with Crippen molar-refractivity contribution in [3.8, 4) is 0 Å². The number of nitrogens with zero attached hydrogens (tertiary/aromatic N) is 2. The van der Waals surface area contributed by atoms with E-state index in [4.69, 9.17) is 5.73 Å². The van der Waals surface area contributed by atoms with Gasteiger partial charge in [0.15, 0.2) is 0 Å². The minimum atomic E-state index is 0.560. The highest BCUT2D eigenvalue weighted by molar-refractivity contribution is 7.99. The monoisotopic (exact) mass is 189 g/mol. The molecule has 0 aliphatic carbocycles. The van der Waals surface area contributed by atoms with Crippen LogP contribution in [0.5, 0.6) is 0 Å². The summed E-state index contributed by atoms with van der Waals surface area (Å²) in [6, 6.07) is 0. The Bertz CT molecular complexity index is 221. The third kappa shape index (κ3) is 3.07. The van der Waals surface area contributed by atoms with E-state index in [1.807, 2.05) is 11.8 Å². The summed E-state index contributed by atoms with van der Waals surface area (Å²) < 4.78 is 0. The van der Waals surface area contributed by atoms with Gasteiger partial charge in [-0.3, -0.25) is 0 Å². The van der Waals surface area contributed by atoms with E-state index in [2.05, 4.69) is 24.0 Å². The van der Waals surface area contributed by atoms with Crippen LogP contribution in [0.4, 0.5) is 5.13 Å². The van der Waals surface area contributed by atoms with Gasteiger partial charge < -0.3 is 5.73 Å². The van der Waals surface area contributed by atoms with Gasteiger partial charge >= 0.3 is 0 Å². The lowest BCUT2D eigenvalue weighted by atomic mass is 10.6. The average Bonchev–Trinajstić information content (AvgIpc) is 2.31. The van der Waals surface area contributed by atoms with E-state index >= 15 is 0 Å². The molecule has 62 valence electrons. The van der Waals surface area contributed by atoms with Crippen LogP contribution in [-0.2, 0) is 5.75 Å². The van der Waals surface area contributed by atoms with Crippen molar-refractivity contribution in [3.05, 3.63) is 5.01 Å². The zero-order valence-corrected chi connectivity index (χ0v) is 8.21. The van der Waals surface area contributed by atoms with Gasteiger partial charge in [-0.05, 0) is 5.25 Å². The van der Waals surface area contributed by atoms with Crippen molar-refractivity contribution < 1.29 is 0 Å². The SMILES string of the molecule is CC(C)SCc1nnc(N)s1. The van der Waals surface area contributed by atoms with E-state index in [0.29, 0.717) is 10.4 Å². The molecule has 0 saturated heterocycles. The number of nitrogens with two attached hydrogens (primary N) is 1. The second kappa shape index (κ2) is 3.92. The molecular formula is C6H11N3S2. The fourth-order valence-electron chi connectivity index (χ4n) is 0.563. The van der Waals surface area contributed by atoms with E-state index in [1.165, 1.54) is 11.3 Å². The van der Waals surface area contributed by atoms with Gasteiger partial charge in [-0.1, -0.05) is 25.2 Å². The highest BCUT2D eigenvalue weighted by Gasteiger charge is 2.01. The molecule has 0 aromatic carbocycles. The van der Waals surface area contributed by atoms with Crippen molar-refractivity contribution in [1.82, 2.24) is 10.2 Å². The molecule has 0 unspecified atom stereocenters. The molecule has 2 N–H and O–H groups in total. The molecule has 5 heteroatoms. The smallest absolute Gasteiger partial charge is 0.203 e. The molecule has 0 spiro atoms. The maximum atomic E-state index is 5.42. The summed E-state index contributed by atoms with van der Waals surface area (Å²) in [5.41, 5.74) is 5.42. The van der Waals surface area contributed by atoms with Gasteiger partial charge in [-0.2, -0.15) is 11.8 Å². The third-order valence-corrected chi connectivity index (χ3v) is 3.06. The number of nitrogen functional groups attached to an aromatic ring is 1. The van der Waals surface area contributed by atoms with Crippen LogP contribution >= 0.6 is 23.1 Å². The highest BCUT2D eigenvalue weighted by Crippen LogP contribution is 2.20. The summed E-state index contributed by atoms with van der Waals surface area (Å²) in [6.07, 6.45) is 0. The Morgan fingerprint density at radius 1 is 1.55 bits per heavy atom. The standard InChI is InChI=1S/C6H11N3S2/c1-4(2)10-3-5-8-9-6(7)11-5/h4H,3H2,1-2H3,(H2,7,9). The second-order valence-corrected chi connectivity index (χ2v) is 5.05. The lowest BCUT2D eigenvalue weighted by molar-refractivity contribution is 1.04. The molecular weight excluding hydrogens is 178 g/mol. The van der Waals surface area contributed by atoms with Gasteiger partial charge in [-0.25, -0.2) is 0 Å². The molecule has 1 heterocycles. The molecule has 0 saturated carbocycles. The molecule has 11 heavy (non-hydrogen) atoms. The predicted octanol–water partition coefficient (Wildman–Crippen LogP) is 1.76. The summed E-state index contributed by atoms with van der Waals surface area (Å²) in [4.78, 5) is 0. The number of hydrogen-bond donors (Lipinski definition) is 1. The largest absolute Gasteiger partial charge is 0.374 e. The molecule has 1 aromatic heterocycles. The fraction of sp³-hybridized carbons (Fsp3) is 0.667. The van der Waals surface area contributed by atoms with Crippen LogP contribution in [0.25, 0.3) is 0 Å². The second-order valence-electron chi connectivity index (χ2n) is 2.39. The van der Waals surface area contributed by atoms with Crippen LogP contribution in [0.2, 0.25) is 0 Å². The first kappa shape index (κ1) is 8.80. The van der Waals surface area contributed by atoms with Crippen LogP contribution in [0.3, 0.4) is 0 Å². The Hall–Kier alpha value is -0.290. The first-order chi connectivity index (χ1) is 5.18. The van der Waals surface area contributed by atoms with Crippen molar-refractivity contribution in [1.29, 1.82) is 0 Å². The molecule has 1 aromatic rings. The lowest BCUT2D eigenvalue weighted by Gasteiger charge is -1.99. The Morgan fingerprint density at radius 3 is 2.73 bits per heavy atom. The van der Waals surface area contributed by atoms with Crippen LogP contribution in [0, 0.1) is 0 Å². The number of aromatic nitrogens is 2. The van der Waals surface area contributed by atoms with Crippen molar-refractivity contribution in [2.75, 3.05) is 5.73 Å². The average molecular weight is 189 g/mol. The summed E-state index contributed by atoms with van der Waals surface area (Å²) in [5, 5.41) is 9.85. The van der Waals surface area contributed by atoms with E-state index in [0.717, 1.165) is 10.8 Å². The summed E-state index contributed by atoms with van der Waals surface area (Å²) in [6.45, 7) is 4.32. The van der Waals surface area contributed by atoms with Gasteiger partial charge in [0.25, 0.3) is 0 Å². The number of rotatable bonds is 3. The molecule has 0 aliphatic rings. The summed E-state index contributed by atoms with van der Waals surface area (Å²) >= 11 is 3.31. The van der Waals surface area contributed by atoms with E-state index < -0.39 is 0 Å². The van der Waals surface area contributed by atoms with Crippen LogP contribution in [0.15, 0.2) is 0 Å². The van der Waals surface area contributed by atoms with E-state index in [1.54, 1.807) is 0 Å². The summed E-state index contributed by atoms with van der Waals surface area (Å²) in [5.74, 6) is 0.923. The van der Waals surface area contributed by atoms with E-state index in [-0.39, 0.29) is 0 Å². The van der Waals surface area contributed by atoms with Crippen LogP contribution in [0.1, 0.15) is 18.9 Å². The highest BCUT2D eigenvalue weighted by atomic mass is 32.2. The predicted molar refractivity (Wildman–Crippen MR) is 50.8 cm³/mol.